The van der Waals surface area contributed by atoms with Gasteiger partial charge in [-0.3, -0.25) is 4.79 Å². The van der Waals surface area contributed by atoms with Crippen LogP contribution in [0.25, 0.3) is 5.69 Å². The minimum absolute atomic E-state index is 0.156. The van der Waals surface area contributed by atoms with E-state index in [9.17, 15) is 14.0 Å². The summed E-state index contributed by atoms with van der Waals surface area (Å²) in [7, 11) is 1.28. The molecule has 1 amide bonds. The summed E-state index contributed by atoms with van der Waals surface area (Å²) in [5.74, 6) is -0.768. The molecule has 0 unspecified atom stereocenters. The van der Waals surface area contributed by atoms with Gasteiger partial charge in [0.2, 0.25) is 0 Å². The largest absolute Gasteiger partial charge is 0.488 e. The summed E-state index contributed by atoms with van der Waals surface area (Å²) in [5.41, 5.74) is 0.677. The molecule has 0 aliphatic carbocycles. The summed E-state index contributed by atoms with van der Waals surface area (Å²) in [6.45, 7) is 0.202. The fourth-order valence-electron chi connectivity index (χ4n) is 3.60. The number of rotatable bonds is 5. The molecule has 4 rings (SSSR count). The van der Waals surface area contributed by atoms with Gasteiger partial charge in [0.05, 0.1) is 36.1 Å². The molecule has 0 N–H and O–H groups in total. The maximum atomic E-state index is 13.3. The van der Waals surface area contributed by atoms with Gasteiger partial charge < -0.3 is 14.4 Å². The number of likely N-dealkylation sites (tertiary alicyclic amines) is 1. The van der Waals surface area contributed by atoms with Gasteiger partial charge in [-0.25, -0.2) is 13.9 Å². The van der Waals surface area contributed by atoms with Gasteiger partial charge in [0.15, 0.2) is 0 Å². The Morgan fingerprint density at radius 3 is 2.78 bits per heavy atom. The molecule has 166 valence electrons. The van der Waals surface area contributed by atoms with Gasteiger partial charge in [-0.1, -0.05) is 33.6 Å². The summed E-state index contributed by atoms with van der Waals surface area (Å²) in [6.07, 6.45) is 2.76. The molecule has 10 heteroatoms. The van der Waals surface area contributed by atoms with Crippen molar-refractivity contribution in [2.75, 3.05) is 13.7 Å². The Balaban J connectivity index is 1.55. The normalized spacial score (nSPS) is 17.9. The molecule has 2 aromatic carbocycles. The van der Waals surface area contributed by atoms with Gasteiger partial charge in [-0.15, -0.1) is 0 Å². The molecule has 3 aromatic rings. The number of ether oxygens (including phenoxy) is 2. The van der Waals surface area contributed by atoms with Gasteiger partial charge in [0.1, 0.15) is 23.7 Å². The molecule has 1 aliphatic rings. The first kappa shape index (κ1) is 22.3. The Morgan fingerprint density at radius 1 is 1.25 bits per heavy atom. The quantitative estimate of drug-likeness (QED) is 0.468. The van der Waals surface area contributed by atoms with Crippen molar-refractivity contribution in [3.8, 4) is 11.4 Å². The lowest BCUT2D eigenvalue weighted by Crippen LogP contribution is -2.41. The van der Waals surface area contributed by atoms with Crippen LogP contribution in [0.15, 0.2) is 59.3 Å². The highest BCUT2D eigenvalue weighted by Gasteiger charge is 2.42. The van der Waals surface area contributed by atoms with Gasteiger partial charge in [0.25, 0.3) is 5.91 Å². The first-order chi connectivity index (χ1) is 15.4. The molecule has 32 heavy (non-hydrogen) atoms. The van der Waals surface area contributed by atoms with Gasteiger partial charge >= 0.3 is 5.97 Å². The Morgan fingerprint density at radius 2 is 2.06 bits per heavy atom. The second kappa shape index (κ2) is 9.30. The molecule has 2 heterocycles. The molecular weight excluding hydrogens is 505 g/mol. The Bertz CT molecular complexity index is 1170. The number of hydrogen-bond donors (Lipinski definition) is 0. The van der Waals surface area contributed by atoms with Crippen molar-refractivity contribution in [2.45, 2.75) is 18.6 Å². The molecule has 2 atom stereocenters. The van der Waals surface area contributed by atoms with Crippen molar-refractivity contribution < 1.29 is 23.5 Å². The van der Waals surface area contributed by atoms with E-state index in [1.807, 2.05) is 18.2 Å². The third kappa shape index (κ3) is 4.63. The number of carbonyl (C=O) groups is 2. The molecule has 0 saturated carbocycles. The van der Waals surface area contributed by atoms with Crippen molar-refractivity contribution in [3.05, 3.63) is 75.7 Å². The van der Waals surface area contributed by atoms with Crippen LogP contribution in [-0.4, -0.2) is 52.4 Å². The van der Waals surface area contributed by atoms with Crippen molar-refractivity contribution in [1.29, 1.82) is 0 Å². The van der Waals surface area contributed by atoms with E-state index in [4.69, 9.17) is 21.1 Å². The van der Waals surface area contributed by atoms with E-state index in [2.05, 4.69) is 21.0 Å². The summed E-state index contributed by atoms with van der Waals surface area (Å²) in [5, 5.41) is 4.32. The second-order valence-electron chi connectivity index (χ2n) is 7.20. The van der Waals surface area contributed by atoms with Crippen LogP contribution in [0.1, 0.15) is 16.8 Å². The highest BCUT2D eigenvalue weighted by molar-refractivity contribution is 9.10. The third-order valence-electron chi connectivity index (χ3n) is 5.08. The third-order valence-corrected chi connectivity index (χ3v) is 5.88. The molecule has 0 radical (unpaired) electrons. The minimum Gasteiger partial charge on any atom is -0.488 e. The lowest BCUT2D eigenvalue weighted by molar-refractivity contribution is -0.145. The fourth-order valence-corrected chi connectivity index (χ4v) is 4.23. The second-order valence-corrected chi connectivity index (χ2v) is 8.52. The van der Waals surface area contributed by atoms with E-state index < -0.39 is 23.7 Å². The van der Waals surface area contributed by atoms with Crippen LogP contribution in [0.4, 0.5) is 4.39 Å². The van der Waals surface area contributed by atoms with E-state index in [0.29, 0.717) is 17.9 Å². The first-order valence-corrected chi connectivity index (χ1v) is 10.8. The van der Waals surface area contributed by atoms with Crippen molar-refractivity contribution >= 4 is 39.4 Å². The van der Waals surface area contributed by atoms with Crippen LogP contribution < -0.4 is 4.74 Å². The number of hydrogen-bond acceptors (Lipinski definition) is 5. The van der Waals surface area contributed by atoms with Crippen molar-refractivity contribution in [3.63, 3.8) is 0 Å². The standard InChI is InChI=1S/C22H18BrClFN3O4/c1-31-22(30)20-9-17(32-16-4-2-3-14(23)7-16)12-27(20)21(29)13-10-26-28(11-13)19-6-5-15(25)8-18(19)24/h2-8,10-11,17,20H,9,12H2,1H3/t17-,20-/m0/s1. The molecule has 1 aromatic heterocycles. The zero-order chi connectivity index (χ0) is 22.8. The zero-order valence-electron chi connectivity index (χ0n) is 16.9. The molecule has 0 bridgehead atoms. The average Bonchev–Trinajstić information content (AvgIpc) is 3.40. The number of amides is 1. The molecule has 1 fully saturated rings. The Hall–Kier alpha value is -2.91. The molecule has 0 spiro atoms. The smallest absolute Gasteiger partial charge is 0.328 e. The topological polar surface area (TPSA) is 73.7 Å². The van der Waals surface area contributed by atoms with Crippen LogP contribution >= 0.6 is 27.5 Å². The van der Waals surface area contributed by atoms with Crippen LogP contribution in [-0.2, 0) is 9.53 Å². The number of carbonyl (C=O) groups excluding carboxylic acids is 2. The SMILES string of the molecule is COC(=O)[C@@H]1C[C@H](Oc2cccc(Br)c2)CN1C(=O)c1cnn(-c2ccc(F)cc2Cl)c1. The van der Waals surface area contributed by atoms with Crippen molar-refractivity contribution in [1.82, 2.24) is 14.7 Å². The highest BCUT2D eigenvalue weighted by Crippen LogP contribution is 2.28. The van der Waals surface area contributed by atoms with Gasteiger partial charge in [0, 0.05) is 17.1 Å². The zero-order valence-corrected chi connectivity index (χ0v) is 19.2. The maximum Gasteiger partial charge on any atom is 0.328 e. The van der Waals surface area contributed by atoms with Crippen LogP contribution in [0.5, 0.6) is 5.75 Å². The first-order valence-electron chi connectivity index (χ1n) is 9.67. The number of aromatic nitrogens is 2. The number of benzene rings is 2. The van der Waals surface area contributed by atoms with Crippen molar-refractivity contribution in [2.24, 2.45) is 0 Å². The number of nitrogens with zero attached hydrogens (tertiary/aromatic N) is 3. The molecule has 1 aliphatic heterocycles. The van der Waals surface area contributed by atoms with Crippen LogP contribution in [0, 0.1) is 5.82 Å². The molecule has 1 saturated heterocycles. The van der Waals surface area contributed by atoms with E-state index in [1.54, 1.807) is 6.07 Å². The minimum atomic E-state index is -0.789. The predicted octanol–water partition coefficient (Wildman–Crippen LogP) is 4.26. The summed E-state index contributed by atoms with van der Waals surface area (Å²) in [6, 6.07) is 10.4. The van der Waals surface area contributed by atoms with E-state index in [1.165, 1.54) is 41.2 Å². The Kier molecular flexibility index (Phi) is 6.48. The maximum absolute atomic E-state index is 13.3. The Labute approximate surface area is 196 Å². The van der Waals surface area contributed by atoms with E-state index >= 15 is 0 Å². The summed E-state index contributed by atoms with van der Waals surface area (Å²) < 4.78 is 26.5. The lowest BCUT2D eigenvalue weighted by Gasteiger charge is -2.21. The predicted molar refractivity (Wildman–Crippen MR) is 119 cm³/mol. The number of esters is 1. The number of methoxy groups -OCH3 is 1. The summed E-state index contributed by atoms with van der Waals surface area (Å²) in [4.78, 5) is 27.0. The lowest BCUT2D eigenvalue weighted by atomic mass is 10.2. The number of halogens is 3. The fraction of sp³-hybridized carbons (Fsp3) is 0.227. The molecule has 7 nitrogen and oxygen atoms in total. The van der Waals surface area contributed by atoms with Gasteiger partial charge in [-0.2, -0.15) is 5.10 Å². The highest BCUT2D eigenvalue weighted by atomic mass is 79.9. The van der Waals surface area contributed by atoms with Gasteiger partial charge in [-0.05, 0) is 36.4 Å². The average molecular weight is 523 g/mol. The van der Waals surface area contributed by atoms with E-state index in [0.717, 1.165) is 10.5 Å². The monoisotopic (exact) mass is 521 g/mol. The molecular formula is C22H18BrClFN3O4. The summed E-state index contributed by atoms with van der Waals surface area (Å²) >= 11 is 9.49. The van der Waals surface area contributed by atoms with Crippen LogP contribution in [0.3, 0.4) is 0 Å². The van der Waals surface area contributed by atoms with E-state index in [-0.39, 0.29) is 23.2 Å². The van der Waals surface area contributed by atoms with Crippen LogP contribution in [0.2, 0.25) is 5.02 Å².